The monoisotopic (exact) mass is 309 g/mol. The van der Waals surface area contributed by atoms with Crippen LogP contribution in [0.5, 0.6) is 0 Å². The molecule has 0 aromatic rings. The first-order chi connectivity index (χ1) is 10.4. The van der Waals surface area contributed by atoms with Crippen molar-refractivity contribution < 1.29 is 41.2 Å². The summed E-state index contributed by atoms with van der Waals surface area (Å²) in [6.45, 7) is -1.57. The van der Waals surface area contributed by atoms with Crippen LogP contribution in [0.4, 0.5) is 0 Å². The van der Waals surface area contributed by atoms with Gasteiger partial charge >= 0.3 is 5.97 Å². The first-order valence-corrected chi connectivity index (χ1v) is 6.96. The van der Waals surface area contributed by atoms with E-state index >= 15 is 0 Å². The van der Waals surface area contributed by atoms with Crippen molar-refractivity contribution in [3.63, 3.8) is 0 Å². The van der Waals surface area contributed by atoms with Gasteiger partial charge in [-0.25, -0.2) is 0 Å². The largest absolute Gasteiger partial charge is 0.481 e. The predicted octanol–water partition coefficient (Wildman–Crippen LogP) is -1.16. The Morgan fingerprint density at radius 3 is 2.38 bits per heavy atom. The maximum Gasteiger partial charge on any atom is 0.303 e. The lowest BCUT2D eigenvalue weighted by Crippen LogP contribution is -2.59. The van der Waals surface area contributed by atoms with Crippen molar-refractivity contribution in [2.75, 3.05) is 13.2 Å². The van der Waals surface area contributed by atoms with E-state index in [9.17, 15) is 20.1 Å². The van der Waals surface area contributed by atoms with Crippen molar-refractivity contribution in [1.29, 1.82) is 0 Å². The Morgan fingerprint density at radius 2 is 1.76 bits per heavy atom. The summed E-state index contributed by atoms with van der Waals surface area (Å²) >= 11 is 0. The minimum absolute atomic E-state index is 0.0796. The number of carbonyl (C=O) groups is 1. The van der Waals surface area contributed by atoms with E-state index in [0.717, 1.165) is 0 Å². The molecule has 0 amide bonds. The van der Waals surface area contributed by atoms with Crippen LogP contribution < -0.4 is 0 Å². The number of rotatable bonds is 9. The molecule has 0 saturated carbocycles. The molecule has 6 atom stereocenters. The van der Waals surface area contributed by atoms with Crippen molar-refractivity contribution >= 4 is 5.97 Å². The van der Waals surface area contributed by atoms with Gasteiger partial charge in [0.25, 0.3) is 0 Å². The topological polar surface area (TPSA) is 137 Å². The first kappa shape index (κ1) is 16.6. The van der Waals surface area contributed by atoms with Crippen LogP contribution in [0.25, 0.3) is 0 Å². The van der Waals surface area contributed by atoms with Gasteiger partial charge in [0, 0.05) is 13.0 Å². The van der Waals surface area contributed by atoms with Crippen LogP contribution >= 0.6 is 0 Å². The third-order valence-electron chi connectivity index (χ3n) is 3.29. The zero-order valence-electron chi connectivity index (χ0n) is 12.7. The Kier molecular flexibility index (Phi) is 7.34. The summed E-state index contributed by atoms with van der Waals surface area (Å²) in [5.41, 5.74) is 0. The van der Waals surface area contributed by atoms with Crippen LogP contribution in [-0.2, 0) is 14.3 Å². The van der Waals surface area contributed by atoms with E-state index in [1.807, 2.05) is 0 Å². The smallest absolute Gasteiger partial charge is 0.303 e. The van der Waals surface area contributed by atoms with Crippen LogP contribution in [0.2, 0.25) is 0 Å². The van der Waals surface area contributed by atoms with Gasteiger partial charge in [-0.15, -0.1) is 0 Å². The Bertz CT molecular complexity index is 340. The van der Waals surface area contributed by atoms with Crippen LogP contribution in [0.1, 0.15) is 33.5 Å². The average molecular weight is 309 g/mol. The van der Waals surface area contributed by atoms with Crippen molar-refractivity contribution in [3.05, 3.63) is 0 Å². The molecule has 1 fully saturated rings. The highest BCUT2D eigenvalue weighted by Gasteiger charge is 2.43. The lowest BCUT2D eigenvalue weighted by Gasteiger charge is -2.39. The van der Waals surface area contributed by atoms with Crippen molar-refractivity contribution in [3.8, 4) is 0 Å². The molecule has 1 aliphatic heterocycles. The number of carboxylic acids is 1. The molecule has 5 N–H and O–H groups in total. The average Bonchev–Trinajstić information content (AvgIpc) is 2.47. The van der Waals surface area contributed by atoms with E-state index in [1.54, 1.807) is 0 Å². The summed E-state index contributed by atoms with van der Waals surface area (Å²) in [5, 5.41) is 46.5. The Labute approximate surface area is 124 Å². The first-order valence-electron chi connectivity index (χ1n) is 7.54. The summed E-state index contributed by atoms with van der Waals surface area (Å²) in [6.07, 6.45) is -4.74. The predicted molar refractivity (Wildman–Crippen MR) is 70.4 cm³/mol. The molecule has 21 heavy (non-hydrogen) atoms. The highest BCUT2D eigenvalue weighted by Crippen LogP contribution is 2.22. The molecule has 1 rings (SSSR count). The van der Waals surface area contributed by atoms with Gasteiger partial charge in [0.05, 0.1) is 7.98 Å². The third-order valence-corrected chi connectivity index (χ3v) is 3.29. The summed E-state index contributed by atoms with van der Waals surface area (Å²) < 4.78 is 18.0. The quantitative estimate of drug-likeness (QED) is 0.336. The molecule has 0 spiro atoms. The summed E-state index contributed by atoms with van der Waals surface area (Å²) in [4.78, 5) is 10.3. The van der Waals surface area contributed by atoms with Crippen molar-refractivity contribution in [2.24, 2.45) is 0 Å². The number of carboxylic acid groups (broad SMARTS) is 1. The summed E-state index contributed by atoms with van der Waals surface area (Å²) in [5.74, 6) is -0.861. The Balaban J connectivity index is 2.33. The van der Waals surface area contributed by atoms with Crippen molar-refractivity contribution in [1.82, 2.24) is 0 Å². The second kappa shape index (κ2) is 9.29. The number of aliphatic hydroxyl groups excluding tert-OH is 4. The highest BCUT2D eigenvalue weighted by atomic mass is 16.7. The van der Waals surface area contributed by atoms with E-state index < -0.39 is 49.9 Å². The minimum Gasteiger partial charge on any atom is -0.481 e. The zero-order chi connectivity index (χ0) is 16.7. The van der Waals surface area contributed by atoms with Crippen molar-refractivity contribution in [2.45, 2.75) is 62.8 Å². The summed E-state index contributed by atoms with van der Waals surface area (Å²) in [7, 11) is 0. The van der Waals surface area contributed by atoms with Gasteiger partial charge in [-0.3, -0.25) is 4.79 Å². The van der Waals surface area contributed by atoms with Crippen LogP contribution in [0.15, 0.2) is 0 Å². The fourth-order valence-corrected chi connectivity index (χ4v) is 2.02. The normalized spacial score (nSPS) is 35.2. The fraction of sp³-hybridized carbons (Fsp3) is 0.923. The third kappa shape index (κ3) is 5.85. The molecule has 1 heterocycles. The lowest BCUT2D eigenvalue weighted by molar-refractivity contribution is -0.301. The van der Waals surface area contributed by atoms with Crippen LogP contribution in [0, 0.1) is 0 Å². The maximum absolute atomic E-state index is 10.3. The molecule has 8 heteroatoms. The van der Waals surface area contributed by atoms with Gasteiger partial charge in [-0.1, -0.05) is 12.8 Å². The number of aliphatic carboxylic acids is 1. The van der Waals surface area contributed by atoms with Gasteiger partial charge in [-0.05, 0) is 12.8 Å². The van der Waals surface area contributed by atoms with Gasteiger partial charge < -0.3 is 35.0 Å². The number of hydrogen-bond donors (Lipinski definition) is 5. The molecule has 124 valence electrons. The molecular weight excluding hydrogens is 284 g/mol. The van der Waals surface area contributed by atoms with Gasteiger partial charge in [0.15, 0.2) is 6.29 Å². The molecular formula is C13H24O8. The number of hydrogen-bond acceptors (Lipinski definition) is 7. The van der Waals surface area contributed by atoms with Gasteiger partial charge in [-0.2, -0.15) is 0 Å². The number of ether oxygens (including phenoxy) is 2. The Morgan fingerprint density at radius 1 is 1.10 bits per heavy atom. The Hall–Kier alpha value is -0.770. The molecule has 0 aromatic carbocycles. The molecule has 0 bridgehead atoms. The molecule has 1 saturated heterocycles. The van der Waals surface area contributed by atoms with Crippen LogP contribution in [-0.4, -0.2) is 75.4 Å². The highest BCUT2D eigenvalue weighted by molar-refractivity contribution is 5.66. The standard InChI is InChI=1S/C13H24O8/c14-7-8-10(17)11(18)12(19)13(21-8)20-6-4-2-1-3-5-9(15)16/h8,10-14,17-19H,1-7H2,(H,15,16)/t8-,10-,11+,12+,13?/m1/s1/i6D/t6?,8-,10-,11+,12+,13?. The van der Waals surface area contributed by atoms with E-state index in [0.29, 0.717) is 25.7 Å². The zero-order valence-corrected chi connectivity index (χ0v) is 11.7. The van der Waals surface area contributed by atoms with E-state index in [2.05, 4.69) is 0 Å². The lowest BCUT2D eigenvalue weighted by atomic mass is 9.99. The summed E-state index contributed by atoms with van der Waals surface area (Å²) in [6, 6.07) is 0. The molecule has 2 unspecified atom stereocenters. The van der Waals surface area contributed by atoms with Gasteiger partial charge in [0.1, 0.15) is 24.4 Å². The fourth-order valence-electron chi connectivity index (χ4n) is 2.02. The van der Waals surface area contributed by atoms with Crippen LogP contribution in [0.3, 0.4) is 0 Å². The molecule has 0 aliphatic carbocycles. The van der Waals surface area contributed by atoms with E-state index in [-0.39, 0.29) is 6.42 Å². The van der Waals surface area contributed by atoms with E-state index in [1.165, 1.54) is 0 Å². The minimum atomic E-state index is -1.53. The maximum atomic E-state index is 10.3. The number of unbranched alkanes of at least 4 members (excludes halogenated alkanes) is 2. The second-order valence-electron chi connectivity index (χ2n) is 4.99. The van der Waals surface area contributed by atoms with E-state index in [4.69, 9.17) is 21.1 Å². The second-order valence-corrected chi connectivity index (χ2v) is 4.99. The SMILES string of the molecule is [2H]C(CCCCCC(=O)O)OC1O[C@H](CO)[C@@H](O)[C@H](O)[C@@H]1O. The number of aliphatic hydroxyl groups is 4. The molecule has 1 aliphatic rings. The molecule has 0 radical (unpaired) electrons. The molecule has 0 aromatic heterocycles. The molecule has 8 nitrogen and oxygen atoms in total. The van der Waals surface area contributed by atoms with Gasteiger partial charge in [0.2, 0.25) is 0 Å².